The van der Waals surface area contributed by atoms with Crippen LogP contribution in [0.1, 0.15) is 10.4 Å². The Morgan fingerprint density at radius 1 is 1.03 bits per heavy atom. The van der Waals surface area contributed by atoms with Crippen molar-refractivity contribution in [2.75, 3.05) is 32.2 Å². The van der Waals surface area contributed by atoms with E-state index in [0.29, 0.717) is 36.0 Å². The van der Waals surface area contributed by atoms with Crippen LogP contribution in [0.5, 0.6) is 17.2 Å². The second-order valence-electron chi connectivity index (χ2n) is 8.29. The minimum atomic E-state index is -3.91. The Kier molecular flexibility index (Phi) is 7.26. The number of carbonyl (C=O) groups excluding carboxylic acids is 2. The minimum Gasteiger partial charge on any atom is -0.497 e. The number of thiazole rings is 1. The monoisotopic (exact) mass is 569 g/mol. The first kappa shape index (κ1) is 26.3. The lowest BCUT2D eigenvalue weighted by Crippen LogP contribution is -2.22. The Hall–Kier alpha value is -4.36. The molecule has 0 spiro atoms. The van der Waals surface area contributed by atoms with Crippen LogP contribution in [0.2, 0.25) is 0 Å². The number of nitrogens with one attached hydrogen (secondary N) is 1. The highest BCUT2D eigenvalue weighted by atomic mass is 32.2. The number of methoxy groups -OCH3 is 2. The van der Waals surface area contributed by atoms with Crippen LogP contribution in [0.3, 0.4) is 0 Å². The number of ether oxygens (including phenoxy) is 4. The summed E-state index contributed by atoms with van der Waals surface area (Å²) in [5.41, 5.74) is 0.966. The number of hydrogen-bond donors (Lipinski definition) is 1. The Labute approximate surface area is 227 Å². The molecular formula is C26H23N3O8S2. The van der Waals surface area contributed by atoms with E-state index in [-0.39, 0.29) is 27.5 Å². The standard InChI is InChI=1S/C26H23N3O8S2/c1-34-18-6-8-19(9-7-18)39(32,33)28-17-5-3-4-16(12-17)25(31)27-26-29(15-24(30)35-2)20-13-21-22(14-23(20)38-26)37-11-10-36-21/h3-9,12-14,28H,10-11,15H2,1-2H3. The van der Waals surface area contributed by atoms with Crippen molar-refractivity contribution in [3.05, 3.63) is 71.0 Å². The highest BCUT2D eigenvalue weighted by Crippen LogP contribution is 2.35. The zero-order valence-electron chi connectivity index (χ0n) is 20.9. The number of anilines is 1. The van der Waals surface area contributed by atoms with Crippen molar-refractivity contribution in [1.29, 1.82) is 0 Å². The van der Waals surface area contributed by atoms with Gasteiger partial charge >= 0.3 is 5.97 Å². The fraction of sp³-hybridized carbons (Fsp3) is 0.192. The van der Waals surface area contributed by atoms with Gasteiger partial charge in [-0.25, -0.2) is 8.42 Å². The summed E-state index contributed by atoms with van der Waals surface area (Å²) >= 11 is 1.20. The van der Waals surface area contributed by atoms with Crippen molar-refractivity contribution >= 4 is 49.1 Å². The molecule has 0 fully saturated rings. The van der Waals surface area contributed by atoms with E-state index in [1.54, 1.807) is 22.8 Å². The lowest BCUT2D eigenvalue weighted by Gasteiger charge is -2.18. The Balaban J connectivity index is 1.48. The average molecular weight is 570 g/mol. The van der Waals surface area contributed by atoms with Gasteiger partial charge in [0.2, 0.25) is 0 Å². The molecular weight excluding hydrogens is 546 g/mol. The largest absolute Gasteiger partial charge is 0.497 e. The SMILES string of the molecule is COC(=O)Cn1c(=NC(=O)c2cccc(NS(=O)(=O)c3ccc(OC)cc3)c2)sc2cc3c(cc21)OCCO3. The fourth-order valence-corrected chi connectivity index (χ4v) is 5.96. The molecule has 202 valence electrons. The molecule has 0 unspecified atom stereocenters. The van der Waals surface area contributed by atoms with Gasteiger partial charge in [-0.3, -0.25) is 14.3 Å². The predicted molar refractivity (Wildman–Crippen MR) is 143 cm³/mol. The second-order valence-corrected chi connectivity index (χ2v) is 11.0. The quantitative estimate of drug-likeness (QED) is 0.336. The van der Waals surface area contributed by atoms with Crippen molar-refractivity contribution in [3.63, 3.8) is 0 Å². The molecule has 1 aliphatic heterocycles. The van der Waals surface area contributed by atoms with Crippen molar-refractivity contribution in [2.45, 2.75) is 11.4 Å². The maximum absolute atomic E-state index is 13.2. The summed E-state index contributed by atoms with van der Waals surface area (Å²) in [4.78, 5) is 29.9. The van der Waals surface area contributed by atoms with Gasteiger partial charge in [-0.2, -0.15) is 4.99 Å². The smallest absolute Gasteiger partial charge is 0.325 e. The highest BCUT2D eigenvalue weighted by Gasteiger charge is 2.19. The van der Waals surface area contributed by atoms with Crippen LogP contribution in [0.25, 0.3) is 10.2 Å². The molecule has 5 rings (SSSR count). The summed E-state index contributed by atoms with van der Waals surface area (Å²) in [7, 11) is -1.15. The highest BCUT2D eigenvalue weighted by molar-refractivity contribution is 7.92. The molecule has 1 aromatic heterocycles. The molecule has 1 aliphatic rings. The number of carbonyl (C=O) groups is 2. The summed E-state index contributed by atoms with van der Waals surface area (Å²) in [6, 6.07) is 15.4. The Bertz CT molecular complexity index is 1740. The van der Waals surface area contributed by atoms with Gasteiger partial charge in [-0.15, -0.1) is 0 Å². The van der Waals surface area contributed by atoms with Gasteiger partial charge in [0.15, 0.2) is 16.3 Å². The maximum atomic E-state index is 13.2. The van der Waals surface area contributed by atoms with E-state index in [0.717, 1.165) is 4.70 Å². The van der Waals surface area contributed by atoms with Crippen molar-refractivity contribution in [3.8, 4) is 17.2 Å². The predicted octanol–water partition coefficient (Wildman–Crippen LogP) is 3.20. The molecule has 1 N–H and O–H groups in total. The lowest BCUT2D eigenvalue weighted by molar-refractivity contribution is -0.141. The number of fused-ring (bicyclic) bond motifs is 2. The summed E-state index contributed by atoms with van der Waals surface area (Å²) in [6.45, 7) is 0.637. The van der Waals surface area contributed by atoms with Crippen molar-refractivity contribution in [2.24, 2.45) is 4.99 Å². The van der Waals surface area contributed by atoms with Gasteiger partial charge in [0.05, 0.1) is 29.3 Å². The van der Waals surface area contributed by atoms with E-state index in [1.165, 1.54) is 68.0 Å². The van der Waals surface area contributed by atoms with Crippen molar-refractivity contribution in [1.82, 2.24) is 4.57 Å². The number of benzene rings is 3. The molecule has 0 bridgehead atoms. The van der Waals surface area contributed by atoms with Gasteiger partial charge in [0.1, 0.15) is 25.5 Å². The van der Waals surface area contributed by atoms with E-state index in [2.05, 4.69) is 9.71 Å². The van der Waals surface area contributed by atoms with Crippen LogP contribution in [0.4, 0.5) is 5.69 Å². The lowest BCUT2D eigenvalue weighted by atomic mass is 10.2. The zero-order valence-corrected chi connectivity index (χ0v) is 22.5. The van der Waals surface area contributed by atoms with E-state index >= 15 is 0 Å². The zero-order chi connectivity index (χ0) is 27.6. The molecule has 0 aliphatic carbocycles. The van der Waals surface area contributed by atoms with Crippen molar-refractivity contribution < 1.29 is 37.0 Å². The third-order valence-corrected chi connectivity index (χ3v) is 8.23. The summed E-state index contributed by atoms with van der Waals surface area (Å²) in [5.74, 6) is 0.472. The molecule has 0 radical (unpaired) electrons. The maximum Gasteiger partial charge on any atom is 0.325 e. The number of sulfonamides is 1. The molecule has 4 aromatic rings. The van der Waals surface area contributed by atoms with Gasteiger partial charge in [0, 0.05) is 23.4 Å². The Morgan fingerprint density at radius 2 is 1.74 bits per heavy atom. The first-order valence-corrected chi connectivity index (χ1v) is 13.9. The molecule has 0 saturated heterocycles. The number of amides is 1. The normalized spacial score (nSPS) is 13.2. The van der Waals surface area contributed by atoms with Crippen LogP contribution in [0.15, 0.2) is 70.6 Å². The van der Waals surface area contributed by atoms with Gasteiger partial charge in [0.25, 0.3) is 15.9 Å². The van der Waals surface area contributed by atoms with E-state index < -0.39 is 21.9 Å². The number of nitrogens with zero attached hydrogens (tertiary/aromatic N) is 2. The molecule has 2 heterocycles. The van der Waals surface area contributed by atoms with Gasteiger partial charge in [-0.05, 0) is 42.5 Å². The minimum absolute atomic E-state index is 0.0366. The summed E-state index contributed by atoms with van der Waals surface area (Å²) in [6.07, 6.45) is 0. The average Bonchev–Trinajstić information content (AvgIpc) is 3.26. The van der Waals surface area contributed by atoms with Crippen LogP contribution < -0.4 is 23.7 Å². The first-order chi connectivity index (χ1) is 18.8. The summed E-state index contributed by atoms with van der Waals surface area (Å²) < 4.78 is 51.7. The van der Waals surface area contributed by atoms with Crippen LogP contribution >= 0.6 is 11.3 Å². The van der Waals surface area contributed by atoms with Crippen LogP contribution in [-0.4, -0.2) is 52.3 Å². The van der Waals surface area contributed by atoms with Crippen LogP contribution in [-0.2, 0) is 26.1 Å². The second kappa shape index (κ2) is 10.8. The molecule has 1 amide bonds. The van der Waals surface area contributed by atoms with Gasteiger partial charge in [-0.1, -0.05) is 17.4 Å². The molecule has 0 atom stereocenters. The fourth-order valence-electron chi connectivity index (χ4n) is 3.87. The molecule has 3 aromatic carbocycles. The number of aromatic nitrogens is 1. The number of hydrogen-bond acceptors (Lipinski definition) is 9. The Morgan fingerprint density at radius 3 is 2.44 bits per heavy atom. The number of esters is 1. The number of rotatable bonds is 7. The molecule has 11 nitrogen and oxygen atoms in total. The van der Waals surface area contributed by atoms with Crippen LogP contribution in [0, 0.1) is 0 Å². The topological polar surface area (TPSA) is 135 Å². The van der Waals surface area contributed by atoms with E-state index in [9.17, 15) is 18.0 Å². The molecule has 13 heteroatoms. The van der Waals surface area contributed by atoms with E-state index in [4.69, 9.17) is 18.9 Å². The summed E-state index contributed by atoms with van der Waals surface area (Å²) in [5, 5.41) is 0. The first-order valence-electron chi connectivity index (χ1n) is 11.6. The van der Waals surface area contributed by atoms with E-state index in [1.807, 2.05) is 0 Å². The third kappa shape index (κ3) is 5.59. The van der Waals surface area contributed by atoms with Gasteiger partial charge < -0.3 is 23.5 Å². The molecule has 0 saturated carbocycles. The third-order valence-electron chi connectivity index (χ3n) is 5.79. The molecule has 39 heavy (non-hydrogen) atoms.